The van der Waals surface area contributed by atoms with Crippen LogP contribution in [0.5, 0.6) is 0 Å². The lowest BCUT2D eigenvalue weighted by atomic mass is 10.1. The van der Waals surface area contributed by atoms with Crippen molar-refractivity contribution in [1.82, 2.24) is 4.57 Å². The third-order valence-electron chi connectivity index (χ3n) is 4.75. The van der Waals surface area contributed by atoms with Gasteiger partial charge in [-0.15, -0.1) is 0 Å². The summed E-state index contributed by atoms with van der Waals surface area (Å²) in [6.45, 7) is 0.791. The molecule has 0 atom stereocenters. The molecule has 1 heterocycles. The number of aromatic nitrogens is 1. The molecule has 0 saturated carbocycles. The fourth-order valence-corrected chi connectivity index (χ4v) is 3.42. The topological polar surface area (TPSA) is 22.0 Å². The van der Waals surface area contributed by atoms with E-state index >= 15 is 0 Å². The van der Waals surface area contributed by atoms with E-state index in [-0.39, 0.29) is 5.78 Å². The third-order valence-corrected chi connectivity index (χ3v) is 5.00. The minimum atomic E-state index is -0.0557. The van der Waals surface area contributed by atoms with Crippen LogP contribution >= 0.6 is 11.6 Å². The summed E-state index contributed by atoms with van der Waals surface area (Å²) < 4.78 is 2.22. The molecule has 0 saturated heterocycles. The average molecular weight is 398 g/mol. The van der Waals surface area contributed by atoms with E-state index < -0.39 is 0 Å². The number of hydrogen-bond donors (Lipinski definition) is 0. The zero-order chi connectivity index (χ0) is 20.1. The minimum Gasteiger partial charge on any atom is -0.342 e. The van der Waals surface area contributed by atoms with Crippen molar-refractivity contribution in [3.8, 4) is 0 Å². The Labute approximate surface area is 175 Å². The van der Waals surface area contributed by atoms with Crippen molar-refractivity contribution in [2.24, 2.45) is 0 Å². The number of ketones is 1. The highest BCUT2D eigenvalue weighted by atomic mass is 35.5. The van der Waals surface area contributed by atoms with Gasteiger partial charge in [-0.3, -0.25) is 4.79 Å². The molecule has 0 aliphatic rings. The number of fused-ring (bicyclic) bond motifs is 1. The summed E-state index contributed by atoms with van der Waals surface area (Å²) in [5.41, 5.74) is 4.37. The first kappa shape index (κ1) is 19.0. The van der Waals surface area contributed by atoms with E-state index in [1.807, 2.05) is 60.7 Å². The fraction of sp³-hybridized carbons (Fsp3) is 0.0385. The molecule has 0 amide bonds. The maximum absolute atomic E-state index is 12.3. The van der Waals surface area contributed by atoms with Crippen LogP contribution in [0.4, 0.5) is 0 Å². The van der Waals surface area contributed by atoms with E-state index in [1.54, 1.807) is 18.2 Å². The number of rotatable bonds is 6. The predicted octanol–water partition coefficient (Wildman–Crippen LogP) is 6.64. The van der Waals surface area contributed by atoms with Gasteiger partial charge in [0.15, 0.2) is 5.78 Å². The average Bonchev–Trinajstić information content (AvgIpc) is 3.10. The summed E-state index contributed by atoms with van der Waals surface area (Å²) >= 11 is 5.89. The monoisotopic (exact) mass is 397 g/mol. The van der Waals surface area contributed by atoms with Gasteiger partial charge in [-0.2, -0.15) is 0 Å². The molecule has 1 aromatic heterocycles. The van der Waals surface area contributed by atoms with Crippen molar-refractivity contribution in [3.63, 3.8) is 0 Å². The zero-order valence-corrected chi connectivity index (χ0v) is 16.6. The minimum absolute atomic E-state index is 0.0557. The second kappa shape index (κ2) is 8.76. The summed E-state index contributed by atoms with van der Waals surface area (Å²) in [6, 6.07) is 26.0. The summed E-state index contributed by atoms with van der Waals surface area (Å²) in [5.74, 6) is -0.0557. The number of benzene rings is 3. The quantitative estimate of drug-likeness (QED) is 0.334. The molecule has 0 radical (unpaired) electrons. The molecule has 3 aromatic carbocycles. The van der Waals surface area contributed by atoms with Crippen LogP contribution in [0.2, 0.25) is 5.02 Å². The molecule has 4 rings (SSSR count). The molecule has 29 heavy (non-hydrogen) atoms. The zero-order valence-electron chi connectivity index (χ0n) is 15.8. The molecule has 0 unspecified atom stereocenters. The number of para-hydroxylation sites is 1. The fourth-order valence-electron chi connectivity index (χ4n) is 3.30. The van der Waals surface area contributed by atoms with Gasteiger partial charge in [-0.25, -0.2) is 0 Å². The molecule has 0 fully saturated rings. The van der Waals surface area contributed by atoms with E-state index in [1.165, 1.54) is 5.56 Å². The van der Waals surface area contributed by atoms with Crippen LogP contribution in [0.3, 0.4) is 0 Å². The molecule has 0 aliphatic carbocycles. The Hall–Kier alpha value is -3.36. The van der Waals surface area contributed by atoms with Crippen LogP contribution in [-0.4, -0.2) is 10.4 Å². The molecule has 3 heteroatoms. The summed E-state index contributed by atoms with van der Waals surface area (Å²) in [4.78, 5) is 12.3. The lowest BCUT2D eigenvalue weighted by Crippen LogP contribution is -1.97. The SMILES string of the molecule is O=C(/C=C/c1ccc(Cl)cc1)/C=C/c1cn(Cc2ccccc2)c2ccccc12. The summed E-state index contributed by atoms with van der Waals surface area (Å²) in [7, 11) is 0. The second-order valence-electron chi connectivity index (χ2n) is 6.84. The standard InChI is InChI=1S/C26H20ClNO/c27-23-14-10-20(11-15-23)12-16-24(29)17-13-22-19-28(18-21-6-2-1-3-7-21)26-9-5-4-8-25(22)26/h1-17,19H,18H2/b16-12+,17-13+. The summed E-state index contributed by atoms with van der Waals surface area (Å²) in [5, 5.41) is 1.81. The van der Waals surface area contributed by atoms with Crippen LogP contribution < -0.4 is 0 Å². The predicted molar refractivity (Wildman–Crippen MR) is 122 cm³/mol. The molecule has 0 N–H and O–H groups in total. The first-order valence-corrected chi connectivity index (χ1v) is 9.84. The molecule has 142 valence electrons. The molecule has 0 aliphatic heterocycles. The number of halogens is 1. The normalized spacial score (nSPS) is 11.6. The van der Waals surface area contributed by atoms with Gasteiger partial charge >= 0.3 is 0 Å². The lowest BCUT2D eigenvalue weighted by Gasteiger charge is -2.05. The van der Waals surface area contributed by atoms with Crippen molar-refractivity contribution in [2.75, 3.05) is 0 Å². The first-order valence-electron chi connectivity index (χ1n) is 9.46. The van der Waals surface area contributed by atoms with Gasteiger partial charge in [0.1, 0.15) is 0 Å². The number of carbonyl (C=O) groups excluding carboxylic acids is 1. The van der Waals surface area contributed by atoms with Crippen LogP contribution in [0.1, 0.15) is 16.7 Å². The number of hydrogen-bond acceptors (Lipinski definition) is 1. The maximum Gasteiger partial charge on any atom is 0.178 e. The first-order chi connectivity index (χ1) is 14.2. The van der Waals surface area contributed by atoms with Crippen molar-refractivity contribution in [2.45, 2.75) is 6.54 Å². The van der Waals surface area contributed by atoms with E-state index in [9.17, 15) is 4.79 Å². The largest absolute Gasteiger partial charge is 0.342 e. The van der Waals surface area contributed by atoms with E-state index in [2.05, 4.69) is 35.0 Å². The molecular weight excluding hydrogens is 378 g/mol. The highest BCUT2D eigenvalue weighted by Gasteiger charge is 2.06. The molecule has 4 aromatic rings. The van der Waals surface area contributed by atoms with Crippen molar-refractivity contribution < 1.29 is 4.79 Å². The van der Waals surface area contributed by atoms with Gasteiger partial charge in [-0.05, 0) is 47.6 Å². The maximum atomic E-state index is 12.3. The molecular formula is C26H20ClNO. The van der Waals surface area contributed by atoms with Gasteiger partial charge in [0.05, 0.1) is 0 Å². The van der Waals surface area contributed by atoms with E-state index in [0.717, 1.165) is 28.6 Å². The highest BCUT2D eigenvalue weighted by Crippen LogP contribution is 2.23. The Morgan fingerprint density at radius 3 is 2.31 bits per heavy atom. The highest BCUT2D eigenvalue weighted by molar-refractivity contribution is 6.30. The molecule has 0 bridgehead atoms. The van der Waals surface area contributed by atoms with Gasteiger partial charge in [0.2, 0.25) is 0 Å². The Balaban J connectivity index is 1.55. The van der Waals surface area contributed by atoms with Gasteiger partial charge < -0.3 is 4.57 Å². The number of carbonyl (C=O) groups is 1. The number of nitrogens with zero attached hydrogens (tertiary/aromatic N) is 1. The second-order valence-corrected chi connectivity index (χ2v) is 7.27. The van der Waals surface area contributed by atoms with Crippen molar-refractivity contribution in [1.29, 1.82) is 0 Å². The molecule has 2 nitrogen and oxygen atoms in total. The Morgan fingerprint density at radius 1 is 0.828 bits per heavy atom. The van der Waals surface area contributed by atoms with Gasteiger partial charge in [0.25, 0.3) is 0 Å². The van der Waals surface area contributed by atoms with E-state index in [0.29, 0.717) is 5.02 Å². The lowest BCUT2D eigenvalue weighted by molar-refractivity contribution is -0.110. The van der Waals surface area contributed by atoms with Crippen LogP contribution in [0.15, 0.2) is 97.2 Å². The third kappa shape index (κ3) is 4.74. The molecule has 0 spiro atoms. The van der Waals surface area contributed by atoms with Crippen molar-refractivity contribution in [3.05, 3.63) is 119 Å². The van der Waals surface area contributed by atoms with Crippen LogP contribution in [-0.2, 0) is 11.3 Å². The van der Waals surface area contributed by atoms with Crippen LogP contribution in [0.25, 0.3) is 23.1 Å². The Morgan fingerprint density at radius 2 is 1.52 bits per heavy atom. The van der Waals surface area contributed by atoms with E-state index in [4.69, 9.17) is 11.6 Å². The Bertz CT molecular complexity index is 1180. The van der Waals surface area contributed by atoms with Crippen LogP contribution in [0, 0.1) is 0 Å². The summed E-state index contributed by atoms with van der Waals surface area (Å²) in [6.07, 6.45) is 8.97. The van der Waals surface area contributed by atoms with Gasteiger partial charge in [0, 0.05) is 34.2 Å². The Kier molecular flexibility index (Phi) is 5.73. The van der Waals surface area contributed by atoms with Crippen molar-refractivity contribution >= 4 is 40.4 Å². The van der Waals surface area contributed by atoms with Gasteiger partial charge in [-0.1, -0.05) is 78.3 Å². The number of allylic oxidation sites excluding steroid dienone is 2. The smallest absolute Gasteiger partial charge is 0.178 e.